The standard InChI is InChI=1S/C8H10F3NS/c1-5(2)6-4-13-7(12-6)3-8(9,10)11/h4-5H,3H2,1-2H3. The van der Waals surface area contributed by atoms with E-state index in [1.165, 1.54) is 0 Å². The number of hydrogen-bond acceptors (Lipinski definition) is 2. The highest BCUT2D eigenvalue weighted by molar-refractivity contribution is 7.09. The van der Waals surface area contributed by atoms with Crippen LogP contribution in [-0.4, -0.2) is 11.2 Å². The first-order chi connectivity index (χ1) is 5.88. The Labute approximate surface area is 78.6 Å². The lowest BCUT2D eigenvalue weighted by Crippen LogP contribution is -2.11. The van der Waals surface area contributed by atoms with Gasteiger partial charge in [0, 0.05) is 5.38 Å². The van der Waals surface area contributed by atoms with Crippen LogP contribution >= 0.6 is 11.3 Å². The first-order valence-electron chi connectivity index (χ1n) is 3.89. The van der Waals surface area contributed by atoms with Gasteiger partial charge < -0.3 is 0 Å². The van der Waals surface area contributed by atoms with Crippen LogP contribution in [0.3, 0.4) is 0 Å². The first kappa shape index (κ1) is 10.5. The molecule has 1 heterocycles. The van der Waals surface area contributed by atoms with E-state index in [9.17, 15) is 13.2 Å². The fourth-order valence-corrected chi connectivity index (χ4v) is 1.83. The van der Waals surface area contributed by atoms with Crippen LogP contribution in [-0.2, 0) is 6.42 Å². The third-order valence-electron chi connectivity index (χ3n) is 1.51. The fourth-order valence-electron chi connectivity index (χ4n) is 0.843. The molecule has 0 amide bonds. The van der Waals surface area contributed by atoms with E-state index < -0.39 is 12.6 Å². The van der Waals surface area contributed by atoms with E-state index >= 15 is 0 Å². The third-order valence-corrected chi connectivity index (χ3v) is 2.38. The van der Waals surface area contributed by atoms with Gasteiger partial charge in [-0.1, -0.05) is 13.8 Å². The Kier molecular flexibility index (Phi) is 2.95. The Morgan fingerprint density at radius 3 is 2.46 bits per heavy atom. The summed E-state index contributed by atoms with van der Waals surface area (Å²) in [4.78, 5) is 3.89. The molecule has 1 aromatic rings. The Bertz CT molecular complexity index is 277. The molecule has 0 aromatic carbocycles. The van der Waals surface area contributed by atoms with E-state index in [1.807, 2.05) is 13.8 Å². The summed E-state index contributed by atoms with van der Waals surface area (Å²) in [5, 5.41) is 1.84. The largest absolute Gasteiger partial charge is 0.395 e. The maximum absolute atomic E-state index is 11.9. The molecule has 1 rings (SSSR count). The van der Waals surface area contributed by atoms with E-state index in [1.54, 1.807) is 5.38 Å². The van der Waals surface area contributed by atoms with Crippen LogP contribution in [0.15, 0.2) is 5.38 Å². The maximum atomic E-state index is 11.9. The van der Waals surface area contributed by atoms with Gasteiger partial charge in [0.15, 0.2) is 0 Å². The molecule has 1 nitrogen and oxygen atoms in total. The second-order valence-electron chi connectivity index (χ2n) is 3.11. The second-order valence-corrected chi connectivity index (χ2v) is 4.06. The molecule has 0 aliphatic rings. The SMILES string of the molecule is CC(C)c1csc(CC(F)(F)F)n1. The summed E-state index contributed by atoms with van der Waals surface area (Å²) in [6.45, 7) is 3.82. The maximum Gasteiger partial charge on any atom is 0.395 e. The molecule has 1 aromatic heterocycles. The summed E-state index contributed by atoms with van der Waals surface area (Å²) < 4.78 is 35.8. The van der Waals surface area contributed by atoms with Crippen LogP contribution in [0.2, 0.25) is 0 Å². The van der Waals surface area contributed by atoms with E-state index in [4.69, 9.17) is 0 Å². The topological polar surface area (TPSA) is 12.9 Å². The molecule has 0 N–H and O–H groups in total. The van der Waals surface area contributed by atoms with Gasteiger partial charge in [0.25, 0.3) is 0 Å². The van der Waals surface area contributed by atoms with Gasteiger partial charge in [-0.2, -0.15) is 13.2 Å². The van der Waals surface area contributed by atoms with Crippen LogP contribution in [0.5, 0.6) is 0 Å². The Balaban J connectivity index is 2.70. The smallest absolute Gasteiger partial charge is 0.246 e. The fraction of sp³-hybridized carbons (Fsp3) is 0.625. The number of nitrogens with zero attached hydrogens (tertiary/aromatic N) is 1. The number of alkyl halides is 3. The highest BCUT2D eigenvalue weighted by Crippen LogP contribution is 2.25. The van der Waals surface area contributed by atoms with Crippen molar-refractivity contribution in [1.82, 2.24) is 4.98 Å². The third kappa shape index (κ3) is 3.34. The van der Waals surface area contributed by atoms with Gasteiger partial charge in [0.1, 0.15) is 5.01 Å². The highest BCUT2D eigenvalue weighted by atomic mass is 32.1. The van der Waals surface area contributed by atoms with Crippen molar-refractivity contribution in [3.63, 3.8) is 0 Å². The predicted octanol–water partition coefficient (Wildman–Crippen LogP) is 3.37. The summed E-state index contributed by atoms with van der Waals surface area (Å²) in [7, 11) is 0. The number of aromatic nitrogens is 1. The molecule has 0 radical (unpaired) electrons. The number of halogens is 3. The lowest BCUT2D eigenvalue weighted by Gasteiger charge is -2.02. The second kappa shape index (κ2) is 3.65. The van der Waals surface area contributed by atoms with Gasteiger partial charge >= 0.3 is 6.18 Å². The molecule has 13 heavy (non-hydrogen) atoms. The molecule has 74 valence electrons. The lowest BCUT2D eigenvalue weighted by atomic mass is 10.2. The van der Waals surface area contributed by atoms with Gasteiger partial charge in [0.05, 0.1) is 12.1 Å². The number of rotatable bonds is 2. The molecule has 0 saturated heterocycles. The van der Waals surface area contributed by atoms with Crippen LogP contribution in [0, 0.1) is 0 Å². The minimum absolute atomic E-state index is 0.149. The van der Waals surface area contributed by atoms with Crippen LogP contribution in [0.4, 0.5) is 13.2 Å². The van der Waals surface area contributed by atoms with E-state index in [0.29, 0.717) is 0 Å². The molecule has 0 aliphatic carbocycles. The monoisotopic (exact) mass is 209 g/mol. The van der Waals surface area contributed by atoms with Gasteiger partial charge in [0.2, 0.25) is 0 Å². The molecule has 0 saturated carbocycles. The minimum Gasteiger partial charge on any atom is -0.246 e. The number of thiazole rings is 1. The van der Waals surface area contributed by atoms with Crippen molar-refractivity contribution < 1.29 is 13.2 Å². The molecule has 0 bridgehead atoms. The number of hydrogen-bond donors (Lipinski definition) is 0. The van der Waals surface area contributed by atoms with Crippen molar-refractivity contribution in [1.29, 1.82) is 0 Å². The average Bonchev–Trinajstić information content (AvgIpc) is 2.31. The van der Waals surface area contributed by atoms with E-state index in [0.717, 1.165) is 17.0 Å². The highest BCUT2D eigenvalue weighted by Gasteiger charge is 2.29. The molecular formula is C8H10F3NS. The normalized spacial score (nSPS) is 12.5. The summed E-state index contributed by atoms with van der Waals surface area (Å²) in [5.41, 5.74) is 0.740. The van der Waals surface area contributed by atoms with E-state index in [-0.39, 0.29) is 10.9 Å². The van der Waals surface area contributed by atoms with Gasteiger partial charge in [-0.05, 0) is 5.92 Å². The lowest BCUT2D eigenvalue weighted by molar-refractivity contribution is -0.127. The van der Waals surface area contributed by atoms with Gasteiger partial charge in [-0.3, -0.25) is 0 Å². The molecular weight excluding hydrogens is 199 g/mol. The first-order valence-corrected chi connectivity index (χ1v) is 4.77. The zero-order valence-corrected chi connectivity index (χ0v) is 8.17. The van der Waals surface area contributed by atoms with Crippen molar-refractivity contribution in [2.45, 2.75) is 32.4 Å². The van der Waals surface area contributed by atoms with Crippen molar-refractivity contribution in [2.24, 2.45) is 0 Å². The van der Waals surface area contributed by atoms with Crippen LogP contribution < -0.4 is 0 Å². The Hall–Kier alpha value is -0.580. The van der Waals surface area contributed by atoms with Gasteiger partial charge in [-0.15, -0.1) is 11.3 Å². The van der Waals surface area contributed by atoms with E-state index in [2.05, 4.69) is 4.98 Å². The van der Waals surface area contributed by atoms with Crippen molar-refractivity contribution in [3.05, 3.63) is 16.1 Å². The summed E-state index contributed by atoms with van der Waals surface area (Å²) in [6.07, 6.45) is -5.06. The van der Waals surface area contributed by atoms with Crippen molar-refractivity contribution in [2.75, 3.05) is 0 Å². The molecule has 0 atom stereocenters. The molecule has 5 heteroatoms. The Morgan fingerprint density at radius 1 is 1.46 bits per heavy atom. The predicted molar refractivity (Wildman–Crippen MR) is 46.0 cm³/mol. The van der Waals surface area contributed by atoms with Crippen LogP contribution in [0.25, 0.3) is 0 Å². The zero-order chi connectivity index (χ0) is 10.1. The minimum atomic E-state index is -4.15. The van der Waals surface area contributed by atoms with Crippen molar-refractivity contribution in [3.8, 4) is 0 Å². The quantitative estimate of drug-likeness (QED) is 0.727. The molecule has 0 aliphatic heterocycles. The van der Waals surface area contributed by atoms with Gasteiger partial charge in [-0.25, -0.2) is 4.98 Å². The summed E-state index contributed by atoms with van der Waals surface area (Å²) in [5.74, 6) is 0.193. The van der Waals surface area contributed by atoms with Crippen LogP contribution in [0.1, 0.15) is 30.5 Å². The van der Waals surface area contributed by atoms with Crippen molar-refractivity contribution >= 4 is 11.3 Å². The zero-order valence-electron chi connectivity index (χ0n) is 7.35. The molecule has 0 fully saturated rings. The summed E-state index contributed by atoms with van der Waals surface area (Å²) in [6, 6.07) is 0. The molecule has 0 spiro atoms. The average molecular weight is 209 g/mol. The molecule has 0 unspecified atom stereocenters. The summed E-state index contributed by atoms with van der Waals surface area (Å²) >= 11 is 1.07. The Morgan fingerprint density at radius 2 is 2.08 bits per heavy atom.